The van der Waals surface area contributed by atoms with Gasteiger partial charge in [0.05, 0.1) is 19.8 Å². The molecule has 10 heteroatoms. The fourth-order valence-electron chi connectivity index (χ4n) is 4.74. The van der Waals surface area contributed by atoms with Crippen molar-refractivity contribution < 1.29 is 29.0 Å². The van der Waals surface area contributed by atoms with E-state index in [-0.39, 0.29) is 30.6 Å². The quantitative estimate of drug-likeness (QED) is 0.260. The van der Waals surface area contributed by atoms with Crippen LogP contribution in [0.2, 0.25) is 0 Å². The SMILES string of the molecule is CC(C)CC(NC(=O)CCCc1ccccc1NC(=O)CN1CCOCC1)C(=O)NC(Cc1ccccc1)C(=O)O. The molecule has 1 aliphatic rings. The fraction of sp³-hybridized carbons (Fsp3) is 0.484. The zero-order chi connectivity index (χ0) is 29.6. The summed E-state index contributed by atoms with van der Waals surface area (Å²) in [6.45, 7) is 6.88. The largest absolute Gasteiger partial charge is 0.480 e. The predicted molar refractivity (Wildman–Crippen MR) is 156 cm³/mol. The van der Waals surface area contributed by atoms with Gasteiger partial charge in [0.1, 0.15) is 12.1 Å². The Morgan fingerprint density at radius 2 is 1.59 bits per heavy atom. The number of nitrogens with zero attached hydrogens (tertiary/aromatic N) is 1. The van der Waals surface area contributed by atoms with Gasteiger partial charge in [-0.1, -0.05) is 62.4 Å². The van der Waals surface area contributed by atoms with E-state index in [0.29, 0.717) is 39.0 Å². The third-order valence-corrected chi connectivity index (χ3v) is 6.87. The number of hydrogen-bond acceptors (Lipinski definition) is 6. The van der Waals surface area contributed by atoms with Crippen molar-refractivity contribution in [1.29, 1.82) is 0 Å². The number of anilines is 1. The number of carboxylic acid groups (broad SMARTS) is 1. The molecule has 1 aliphatic heterocycles. The van der Waals surface area contributed by atoms with Crippen molar-refractivity contribution in [3.63, 3.8) is 0 Å². The summed E-state index contributed by atoms with van der Waals surface area (Å²) in [6, 6.07) is 14.7. The van der Waals surface area contributed by atoms with Crippen molar-refractivity contribution in [2.45, 2.75) is 58.0 Å². The Morgan fingerprint density at radius 1 is 0.902 bits per heavy atom. The second-order valence-electron chi connectivity index (χ2n) is 10.8. The summed E-state index contributed by atoms with van der Waals surface area (Å²) >= 11 is 0. The minimum absolute atomic E-state index is 0.0911. The number of morpholine rings is 1. The Morgan fingerprint density at radius 3 is 2.27 bits per heavy atom. The summed E-state index contributed by atoms with van der Waals surface area (Å²) in [5.74, 6) is -1.91. The minimum Gasteiger partial charge on any atom is -0.480 e. The number of nitrogens with one attached hydrogen (secondary N) is 3. The summed E-state index contributed by atoms with van der Waals surface area (Å²) in [6.07, 6.45) is 1.80. The maximum atomic E-state index is 13.1. The van der Waals surface area contributed by atoms with Gasteiger partial charge in [-0.25, -0.2) is 4.79 Å². The second kappa shape index (κ2) is 16.5. The summed E-state index contributed by atoms with van der Waals surface area (Å²) in [4.78, 5) is 52.4. The number of ether oxygens (including phenoxy) is 1. The summed E-state index contributed by atoms with van der Waals surface area (Å²) < 4.78 is 5.33. The summed E-state index contributed by atoms with van der Waals surface area (Å²) in [7, 11) is 0. The number of rotatable bonds is 15. The van der Waals surface area contributed by atoms with E-state index in [0.717, 1.165) is 29.9 Å². The Labute approximate surface area is 241 Å². The maximum absolute atomic E-state index is 13.1. The highest BCUT2D eigenvalue weighted by Crippen LogP contribution is 2.18. The Balaban J connectivity index is 1.52. The molecule has 2 aromatic rings. The molecule has 0 aliphatic carbocycles. The van der Waals surface area contributed by atoms with Crippen LogP contribution in [0.3, 0.4) is 0 Å². The van der Waals surface area contributed by atoms with E-state index < -0.39 is 24.0 Å². The number of aryl methyl sites for hydroxylation is 1. The molecule has 3 rings (SSSR count). The van der Waals surface area contributed by atoms with Crippen molar-refractivity contribution in [2.24, 2.45) is 5.92 Å². The Hall–Kier alpha value is -3.76. The molecule has 1 fully saturated rings. The van der Waals surface area contributed by atoms with Crippen molar-refractivity contribution >= 4 is 29.4 Å². The molecule has 0 bridgehead atoms. The molecule has 0 spiro atoms. The lowest BCUT2D eigenvalue weighted by atomic mass is 10.0. The van der Waals surface area contributed by atoms with Gasteiger partial charge < -0.3 is 25.8 Å². The molecule has 0 saturated carbocycles. The van der Waals surface area contributed by atoms with E-state index in [4.69, 9.17) is 4.74 Å². The molecule has 222 valence electrons. The number of benzene rings is 2. The van der Waals surface area contributed by atoms with Crippen LogP contribution in [0.25, 0.3) is 0 Å². The van der Waals surface area contributed by atoms with E-state index >= 15 is 0 Å². The molecule has 2 atom stereocenters. The first-order chi connectivity index (χ1) is 19.7. The average molecular weight is 567 g/mol. The summed E-state index contributed by atoms with van der Waals surface area (Å²) in [5.41, 5.74) is 2.45. The second-order valence-corrected chi connectivity index (χ2v) is 10.8. The molecule has 1 heterocycles. The van der Waals surface area contributed by atoms with Crippen LogP contribution in [0.4, 0.5) is 5.69 Å². The molecule has 0 radical (unpaired) electrons. The van der Waals surface area contributed by atoms with Crippen LogP contribution in [-0.4, -0.2) is 78.6 Å². The molecule has 3 amide bonds. The first kappa shape index (κ1) is 31.8. The van der Waals surface area contributed by atoms with Crippen LogP contribution in [-0.2, 0) is 36.8 Å². The average Bonchev–Trinajstić information content (AvgIpc) is 2.94. The topological polar surface area (TPSA) is 137 Å². The molecular formula is C31H42N4O6. The van der Waals surface area contributed by atoms with Gasteiger partial charge in [0.25, 0.3) is 0 Å². The van der Waals surface area contributed by atoms with Gasteiger partial charge in [-0.05, 0) is 42.4 Å². The molecule has 0 aromatic heterocycles. The van der Waals surface area contributed by atoms with Gasteiger partial charge in [-0.2, -0.15) is 0 Å². The van der Waals surface area contributed by atoms with Gasteiger partial charge in [0.15, 0.2) is 0 Å². The van der Waals surface area contributed by atoms with E-state index in [9.17, 15) is 24.3 Å². The molecule has 10 nitrogen and oxygen atoms in total. The van der Waals surface area contributed by atoms with E-state index in [1.807, 2.05) is 68.4 Å². The number of aliphatic carboxylic acids is 1. The molecule has 2 unspecified atom stereocenters. The van der Waals surface area contributed by atoms with Crippen molar-refractivity contribution in [3.05, 3.63) is 65.7 Å². The van der Waals surface area contributed by atoms with Gasteiger partial charge in [0.2, 0.25) is 17.7 Å². The normalized spacial score (nSPS) is 15.1. The number of amides is 3. The number of carbonyl (C=O) groups excluding carboxylic acids is 3. The van der Waals surface area contributed by atoms with Crippen LogP contribution >= 0.6 is 0 Å². The van der Waals surface area contributed by atoms with Crippen LogP contribution in [0.15, 0.2) is 54.6 Å². The first-order valence-corrected chi connectivity index (χ1v) is 14.3. The molecule has 4 N–H and O–H groups in total. The smallest absolute Gasteiger partial charge is 0.326 e. The van der Waals surface area contributed by atoms with Crippen LogP contribution in [0, 0.1) is 5.92 Å². The minimum atomic E-state index is -1.13. The zero-order valence-electron chi connectivity index (χ0n) is 23.9. The monoisotopic (exact) mass is 566 g/mol. The molecule has 2 aromatic carbocycles. The summed E-state index contributed by atoms with van der Waals surface area (Å²) in [5, 5.41) is 18.1. The number of carbonyl (C=O) groups is 4. The zero-order valence-corrected chi connectivity index (χ0v) is 23.9. The van der Waals surface area contributed by atoms with E-state index in [1.54, 1.807) is 0 Å². The lowest BCUT2D eigenvalue weighted by Crippen LogP contribution is -2.52. The van der Waals surface area contributed by atoms with Gasteiger partial charge in [-0.3, -0.25) is 19.3 Å². The van der Waals surface area contributed by atoms with Gasteiger partial charge in [0, 0.05) is 31.6 Å². The molecular weight excluding hydrogens is 524 g/mol. The third-order valence-electron chi connectivity index (χ3n) is 6.87. The third kappa shape index (κ3) is 11.3. The fourth-order valence-corrected chi connectivity index (χ4v) is 4.74. The number of carboxylic acids is 1. The first-order valence-electron chi connectivity index (χ1n) is 14.3. The lowest BCUT2D eigenvalue weighted by Gasteiger charge is -2.26. The predicted octanol–water partition coefficient (Wildman–Crippen LogP) is 2.62. The number of para-hydroxylation sites is 1. The van der Waals surface area contributed by atoms with Crippen molar-refractivity contribution in [1.82, 2.24) is 15.5 Å². The van der Waals surface area contributed by atoms with Crippen molar-refractivity contribution in [2.75, 3.05) is 38.2 Å². The Bertz CT molecular complexity index is 1150. The van der Waals surface area contributed by atoms with E-state index in [1.165, 1.54) is 0 Å². The Kier molecular flexibility index (Phi) is 12.8. The van der Waals surface area contributed by atoms with E-state index in [2.05, 4.69) is 20.9 Å². The maximum Gasteiger partial charge on any atom is 0.326 e. The highest BCUT2D eigenvalue weighted by atomic mass is 16.5. The van der Waals surface area contributed by atoms with Gasteiger partial charge >= 0.3 is 5.97 Å². The molecule has 41 heavy (non-hydrogen) atoms. The van der Waals surface area contributed by atoms with Crippen LogP contribution in [0.5, 0.6) is 0 Å². The molecule has 1 saturated heterocycles. The van der Waals surface area contributed by atoms with Crippen LogP contribution < -0.4 is 16.0 Å². The highest BCUT2D eigenvalue weighted by molar-refractivity contribution is 5.93. The standard InChI is InChI=1S/C31H42N4O6/c1-22(2)19-26(30(38)34-27(31(39)40)20-23-9-4-3-5-10-23)33-28(36)14-8-12-24-11-6-7-13-25(24)32-29(37)21-35-15-17-41-18-16-35/h3-7,9-11,13,22,26-27H,8,12,14-21H2,1-2H3,(H,32,37)(H,33,36)(H,34,38)(H,39,40). The van der Waals surface area contributed by atoms with Gasteiger partial charge in [-0.15, -0.1) is 0 Å². The van der Waals surface area contributed by atoms with Crippen molar-refractivity contribution in [3.8, 4) is 0 Å². The number of hydrogen-bond donors (Lipinski definition) is 4. The lowest BCUT2D eigenvalue weighted by molar-refractivity contribution is -0.142. The van der Waals surface area contributed by atoms with Crippen LogP contribution in [0.1, 0.15) is 44.2 Å². The highest BCUT2D eigenvalue weighted by Gasteiger charge is 2.27.